The molecular formula is C12H18O4. The molecule has 0 spiro atoms. The first kappa shape index (κ1) is 14.4. The molecule has 0 amide bonds. The van der Waals surface area contributed by atoms with Gasteiger partial charge in [-0.3, -0.25) is 4.79 Å². The van der Waals surface area contributed by atoms with Gasteiger partial charge >= 0.3 is 11.9 Å². The monoisotopic (exact) mass is 226 g/mol. The van der Waals surface area contributed by atoms with E-state index in [9.17, 15) is 9.59 Å². The SMILES string of the molecule is C=CC(CCCC)OC(=O)C(=C)CC(=O)O. The van der Waals surface area contributed by atoms with E-state index in [0.717, 1.165) is 12.8 Å². The average Bonchev–Trinajstić information content (AvgIpc) is 2.22. The minimum Gasteiger partial charge on any atom is -0.481 e. The summed E-state index contributed by atoms with van der Waals surface area (Å²) in [6.07, 6.45) is 3.41. The van der Waals surface area contributed by atoms with E-state index in [1.807, 2.05) is 6.92 Å². The molecule has 0 aliphatic heterocycles. The highest BCUT2D eigenvalue weighted by Crippen LogP contribution is 2.10. The van der Waals surface area contributed by atoms with Crippen molar-refractivity contribution in [1.82, 2.24) is 0 Å². The van der Waals surface area contributed by atoms with Gasteiger partial charge in [0.25, 0.3) is 0 Å². The first-order chi connectivity index (χ1) is 7.51. The van der Waals surface area contributed by atoms with E-state index in [4.69, 9.17) is 9.84 Å². The molecule has 0 aromatic rings. The molecule has 0 saturated heterocycles. The summed E-state index contributed by atoms with van der Waals surface area (Å²) < 4.78 is 5.04. The van der Waals surface area contributed by atoms with Crippen LogP contribution in [0.2, 0.25) is 0 Å². The lowest BCUT2D eigenvalue weighted by atomic mass is 10.1. The normalized spacial score (nSPS) is 11.6. The Labute approximate surface area is 95.6 Å². The maximum Gasteiger partial charge on any atom is 0.334 e. The van der Waals surface area contributed by atoms with E-state index in [0.29, 0.717) is 6.42 Å². The molecule has 16 heavy (non-hydrogen) atoms. The van der Waals surface area contributed by atoms with Gasteiger partial charge in [-0.2, -0.15) is 0 Å². The standard InChI is InChI=1S/C12H18O4/c1-4-6-7-10(5-2)16-12(15)9(3)8-11(13)14/h5,10H,2-4,6-8H2,1H3,(H,13,14). The largest absolute Gasteiger partial charge is 0.481 e. The molecule has 0 fully saturated rings. The molecule has 0 rings (SSSR count). The van der Waals surface area contributed by atoms with Gasteiger partial charge in [-0.25, -0.2) is 4.79 Å². The van der Waals surface area contributed by atoms with E-state index in [1.54, 1.807) is 6.08 Å². The zero-order chi connectivity index (χ0) is 12.6. The zero-order valence-corrected chi connectivity index (χ0v) is 9.57. The first-order valence-electron chi connectivity index (χ1n) is 5.24. The lowest BCUT2D eigenvalue weighted by Crippen LogP contribution is -2.18. The zero-order valence-electron chi connectivity index (χ0n) is 9.57. The quantitative estimate of drug-likeness (QED) is 0.392. The van der Waals surface area contributed by atoms with Crippen LogP contribution in [0.3, 0.4) is 0 Å². The number of carboxylic acids is 1. The highest BCUT2D eigenvalue weighted by Gasteiger charge is 2.15. The van der Waals surface area contributed by atoms with Crippen LogP contribution in [-0.2, 0) is 14.3 Å². The lowest BCUT2D eigenvalue weighted by Gasteiger charge is -2.13. The van der Waals surface area contributed by atoms with Gasteiger partial charge in [0.1, 0.15) is 6.10 Å². The van der Waals surface area contributed by atoms with Crippen LogP contribution >= 0.6 is 0 Å². The Balaban J connectivity index is 4.13. The van der Waals surface area contributed by atoms with Gasteiger partial charge in [0, 0.05) is 5.57 Å². The Morgan fingerprint density at radius 2 is 2.12 bits per heavy atom. The van der Waals surface area contributed by atoms with Gasteiger partial charge in [-0.1, -0.05) is 32.6 Å². The molecule has 0 aliphatic carbocycles. The maximum atomic E-state index is 11.4. The number of aliphatic carboxylic acids is 1. The number of carboxylic acid groups (broad SMARTS) is 1. The fraction of sp³-hybridized carbons (Fsp3) is 0.500. The van der Waals surface area contributed by atoms with Gasteiger partial charge in [0.05, 0.1) is 6.42 Å². The molecule has 0 aromatic heterocycles. The van der Waals surface area contributed by atoms with Gasteiger partial charge in [0.2, 0.25) is 0 Å². The molecule has 1 N–H and O–H groups in total. The highest BCUT2D eigenvalue weighted by molar-refractivity contribution is 5.92. The molecule has 4 nitrogen and oxygen atoms in total. The molecule has 0 heterocycles. The summed E-state index contributed by atoms with van der Waals surface area (Å²) in [7, 11) is 0. The van der Waals surface area contributed by atoms with Crippen molar-refractivity contribution < 1.29 is 19.4 Å². The number of esters is 1. The first-order valence-corrected chi connectivity index (χ1v) is 5.24. The van der Waals surface area contributed by atoms with Crippen LogP contribution in [0.15, 0.2) is 24.8 Å². The fourth-order valence-electron chi connectivity index (χ4n) is 1.11. The van der Waals surface area contributed by atoms with Crippen molar-refractivity contribution >= 4 is 11.9 Å². The molecular weight excluding hydrogens is 208 g/mol. The summed E-state index contributed by atoms with van der Waals surface area (Å²) in [6, 6.07) is 0. The summed E-state index contributed by atoms with van der Waals surface area (Å²) in [5.74, 6) is -1.76. The van der Waals surface area contributed by atoms with Crippen LogP contribution in [0.25, 0.3) is 0 Å². The Morgan fingerprint density at radius 3 is 2.56 bits per heavy atom. The molecule has 0 aliphatic rings. The van der Waals surface area contributed by atoms with Crippen LogP contribution in [0, 0.1) is 0 Å². The summed E-state index contributed by atoms with van der Waals surface area (Å²) in [5, 5.41) is 8.48. The molecule has 90 valence electrons. The third kappa shape index (κ3) is 6.01. The second-order valence-corrected chi connectivity index (χ2v) is 3.50. The Morgan fingerprint density at radius 1 is 1.50 bits per heavy atom. The van der Waals surface area contributed by atoms with E-state index < -0.39 is 18.4 Å². The van der Waals surface area contributed by atoms with Crippen LogP contribution in [0.4, 0.5) is 0 Å². The van der Waals surface area contributed by atoms with Crippen LogP contribution in [0.1, 0.15) is 32.6 Å². The molecule has 1 unspecified atom stereocenters. The van der Waals surface area contributed by atoms with Crippen molar-refractivity contribution in [3.8, 4) is 0 Å². The minimum atomic E-state index is -1.09. The van der Waals surface area contributed by atoms with Gasteiger partial charge < -0.3 is 9.84 Å². The summed E-state index contributed by atoms with van der Waals surface area (Å²) in [6.45, 7) is 8.97. The topological polar surface area (TPSA) is 63.6 Å². The third-order valence-electron chi connectivity index (χ3n) is 2.02. The summed E-state index contributed by atoms with van der Waals surface area (Å²) in [5.41, 5.74) is -0.0455. The third-order valence-corrected chi connectivity index (χ3v) is 2.02. The second-order valence-electron chi connectivity index (χ2n) is 3.50. The molecule has 0 bridgehead atoms. The highest BCUT2D eigenvalue weighted by atomic mass is 16.5. The van der Waals surface area contributed by atoms with Gasteiger partial charge in [-0.15, -0.1) is 0 Å². The Bertz CT molecular complexity index is 281. The molecule has 0 saturated carbocycles. The average molecular weight is 226 g/mol. The van der Waals surface area contributed by atoms with E-state index >= 15 is 0 Å². The van der Waals surface area contributed by atoms with Crippen molar-refractivity contribution in [2.24, 2.45) is 0 Å². The number of carbonyl (C=O) groups is 2. The van der Waals surface area contributed by atoms with Gasteiger partial charge in [0.15, 0.2) is 0 Å². The van der Waals surface area contributed by atoms with Crippen molar-refractivity contribution in [2.75, 3.05) is 0 Å². The van der Waals surface area contributed by atoms with Crippen molar-refractivity contribution in [2.45, 2.75) is 38.7 Å². The second kappa shape index (κ2) is 7.68. The molecule has 0 aromatic carbocycles. The number of ether oxygens (including phenoxy) is 1. The lowest BCUT2D eigenvalue weighted by molar-refractivity contribution is -0.145. The number of unbranched alkanes of at least 4 members (excludes halogenated alkanes) is 1. The van der Waals surface area contributed by atoms with Crippen LogP contribution in [-0.4, -0.2) is 23.1 Å². The van der Waals surface area contributed by atoms with Crippen molar-refractivity contribution in [1.29, 1.82) is 0 Å². The number of hydrogen-bond donors (Lipinski definition) is 1. The van der Waals surface area contributed by atoms with Crippen molar-refractivity contribution in [3.63, 3.8) is 0 Å². The Hall–Kier alpha value is -1.58. The predicted molar refractivity (Wildman–Crippen MR) is 61.0 cm³/mol. The van der Waals surface area contributed by atoms with Crippen LogP contribution in [0.5, 0.6) is 0 Å². The molecule has 0 radical (unpaired) electrons. The smallest absolute Gasteiger partial charge is 0.334 e. The fourth-order valence-corrected chi connectivity index (χ4v) is 1.11. The molecule has 4 heteroatoms. The van der Waals surface area contributed by atoms with E-state index in [1.165, 1.54) is 0 Å². The molecule has 1 atom stereocenters. The summed E-state index contributed by atoms with van der Waals surface area (Å²) in [4.78, 5) is 21.7. The predicted octanol–water partition coefficient (Wildman–Crippen LogP) is 2.31. The minimum absolute atomic E-state index is 0.0455. The number of hydrogen-bond acceptors (Lipinski definition) is 3. The van der Waals surface area contributed by atoms with Crippen LogP contribution < -0.4 is 0 Å². The van der Waals surface area contributed by atoms with E-state index in [2.05, 4.69) is 13.2 Å². The number of carbonyl (C=O) groups excluding carboxylic acids is 1. The number of rotatable bonds is 8. The maximum absolute atomic E-state index is 11.4. The van der Waals surface area contributed by atoms with Crippen molar-refractivity contribution in [3.05, 3.63) is 24.8 Å². The summed E-state index contributed by atoms with van der Waals surface area (Å²) >= 11 is 0. The van der Waals surface area contributed by atoms with Gasteiger partial charge in [-0.05, 0) is 12.8 Å². The Kier molecular flexibility index (Phi) is 6.92. The van der Waals surface area contributed by atoms with E-state index in [-0.39, 0.29) is 11.7 Å².